The fraction of sp³-hybridized carbons (Fsp3) is 0.538. The van der Waals surface area contributed by atoms with E-state index in [0.717, 1.165) is 24.8 Å². The van der Waals surface area contributed by atoms with Gasteiger partial charge < -0.3 is 5.11 Å². The van der Waals surface area contributed by atoms with Crippen LogP contribution in [0.25, 0.3) is 0 Å². The van der Waals surface area contributed by atoms with Crippen LogP contribution in [0.2, 0.25) is 0 Å². The summed E-state index contributed by atoms with van der Waals surface area (Å²) < 4.78 is 39.9. The molecule has 1 aliphatic rings. The van der Waals surface area contributed by atoms with E-state index in [9.17, 15) is 12.8 Å². The molecule has 0 atom stereocenters. The molecule has 1 aliphatic carbocycles. The molecule has 0 amide bonds. The van der Waals surface area contributed by atoms with Crippen LogP contribution < -0.4 is 4.72 Å². The monoisotopic (exact) mass is 287 g/mol. The minimum absolute atomic E-state index is 0.313. The average molecular weight is 287 g/mol. The predicted molar refractivity (Wildman–Crippen MR) is 69.5 cm³/mol. The first-order chi connectivity index (χ1) is 9.03. The van der Waals surface area contributed by atoms with Gasteiger partial charge in [-0.3, -0.25) is 0 Å². The van der Waals surface area contributed by atoms with Gasteiger partial charge in [-0.05, 0) is 36.5 Å². The molecule has 0 unspecified atom stereocenters. The van der Waals surface area contributed by atoms with Gasteiger partial charge in [0, 0.05) is 6.54 Å². The maximum Gasteiger partial charge on any atom is 0.243 e. The van der Waals surface area contributed by atoms with Gasteiger partial charge in [0.2, 0.25) is 10.0 Å². The fourth-order valence-corrected chi connectivity index (χ4v) is 3.07. The van der Waals surface area contributed by atoms with Gasteiger partial charge >= 0.3 is 0 Å². The molecular formula is C13H18FNO3S. The van der Waals surface area contributed by atoms with Crippen LogP contribution in [-0.4, -0.2) is 20.1 Å². The highest BCUT2D eigenvalue weighted by Gasteiger charge is 2.22. The molecular weight excluding hydrogens is 269 g/mol. The number of rotatable bonds is 7. The molecule has 1 aromatic carbocycles. The Balaban J connectivity index is 1.97. The van der Waals surface area contributed by atoms with E-state index < -0.39 is 15.8 Å². The standard InChI is InChI=1S/C13H18FNO3S/c14-12-8-11(9-16)5-6-13(12)19(17,18)15-7-1-2-10-3-4-10/h5-6,8,10,15-16H,1-4,7,9H2. The minimum atomic E-state index is -3.80. The third-order valence-corrected chi connectivity index (χ3v) is 4.74. The normalized spacial score (nSPS) is 15.7. The van der Waals surface area contributed by atoms with E-state index in [1.54, 1.807) is 0 Å². The van der Waals surface area contributed by atoms with Crippen molar-refractivity contribution in [3.63, 3.8) is 0 Å². The Labute approximate surface area is 112 Å². The largest absolute Gasteiger partial charge is 0.392 e. The predicted octanol–water partition coefficient (Wildman–Crippen LogP) is 1.79. The third kappa shape index (κ3) is 3.99. The van der Waals surface area contributed by atoms with Crippen molar-refractivity contribution in [2.45, 2.75) is 37.2 Å². The van der Waals surface area contributed by atoms with Crippen LogP contribution in [0.15, 0.2) is 23.1 Å². The van der Waals surface area contributed by atoms with Gasteiger partial charge in [0.1, 0.15) is 10.7 Å². The van der Waals surface area contributed by atoms with Gasteiger partial charge in [-0.15, -0.1) is 0 Å². The van der Waals surface area contributed by atoms with Crippen LogP contribution >= 0.6 is 0 Å². The SMILES string of the molecule is O=S(=O)(NCCCC1CC1)c1ccc(CO)cc1F. The highest BCUT2D eigenvalue weighted by atomic mass is 32.2. The molecule has 0 radical (unpaired) electrons. The number of aliphatic hydroxyl groups excluding tert-OH is 1. The first kappa shape index (κ1) is 14.4. The Bertz CT molecular complexity index is 541. The molecule has 0 heterocycles. The second kappa shape index (κ2) is 5.98. The average Bonchev–Trinajstić information content (AvgIpc) is 3.18. The second-order valence-electron chi connectivity index (χ2n) is 4.91. The van der Waals surface area contributed by atoms with E-state index in [0.29, 0.717) is 12.1 Å². The van der Waals surface area contributed by atoms with Crippen molar-refractivity contribution in [2.75, 3.05) is 6.54 Å². The lowest BCUT2D eigenvalue weighted by Gasteiger charge is -2.08. The summed E-state index contributed by atoms with van der Waals surface area (Å²) in [7, 11) is -3.80. The molecule has 0 aromatic heterocycles. The summed E-state index contributed by atoms with van der Waals surface area (Å²) >= 11 is 0. The lowest BCUT2D eigenvalue weighted by Crippen LogP contribution is -2.25. The van der Waals surface area contributed by atoms with Crippen LogP contribution in [0.3, 0.4) is 0 Å². The van der Waals surface area contributed by atoms with Crippen molar-refractivity contribution < 1.29 is 17.9 Å². The topological polar surface area (TPSA) is 66.4 Å². The number of aliphatic hydroxyl groups is 1. The summed E-state index contributed by atoms with van der Waals surface area (Å²) in [5.41, 5.74) is 0.352. The summed E-state index contributed by atoms with van der Waals surface area (Å²) in [5, 5.41) is 8.86. The molecule has 1 saturated carbocycles. The number of sulfonamides is 1. The fourth-order valence-electron chi connectivity index (χ4n) is 1.94. The number of halogens is 1. The molecule has 6 heteroatoms. The van der Waals surface area contributed by atoms with E-state index in [2.05, 4.69) is 4.72 Å². The highest BCUT2D eigenvalue weighted by Crippen LogP contribution is 2.33. The van der Waals surface area contributed by atoms with Gasteiger partial charge in [0.05, 0.1) is 6.61 Å². The Morgan fingerprint density at radius 3 is 2.68 bits per heavy atom. The second-order valence-corrected chi connectivity index (χ2v) is 6.64. The van der Waals surface area contributed by atoms with Crippen molar-refractivity contribution in [3.8, 4) is 0 Å². The molecule has 2 N–H and O–H groups in total. The summed E-state index contributed by atoms with van der Waals surface area (Å²) in [5.74, 6) is -0.0775. The minimum Gasteiger partial charge on any atom is -0.392 e. The Morgan fingerprint density at radius 1 is 1.37 bits per heavy atom. The Hall–Kier alpha value is -0.980. The van der Waals surface area contributed by atoms with Gasteiger partial charge in [-0.2, -0.15) is 0 Å². The van der Waals surface area contributed by atoms with Gasteiger partial charge in [-0.25, -0.2) is 17.5 Å². The van der Waals surface area contributed by atoms with Gasteiger partial charge in [0.15, 0.2) is 0 Å². The van der Waals surface area contributed by atoms with E-state index in [1.165, 1.54) is 25.0 Å². The lowest BCUT2D eigenvalue weighted by molar-refractivity contribution is 0.281. The zero-order valence-electron chi connectivity index (χ0n) is 10.6. The number of hydrogen-bond donors (Lipinski definition) is 2. The van der Waals surface area contributed by atoms with Gasteiger partial charge in [0.25, 0.3) is 0 Å². The highest BCUT2D eigenvalue weighted by molar-refractivity contribution is 7.89. The summed E-state index contributed by atoms with van der Waals surface area (Å²) in [6, 6.07) is 3.63. The van der Waals surface area contributed by atoms with Crippen molar-refractivity contribution in [1.82, 2.24) is 4.72 Å². The van der Waals surface area contributed by atoms with E-state index >= 15 is 0 Å². The molecule has 106 valence electrons. The van der Waals surface area contributed by atoms with Crippen molar-refractivity contribution in [2.24, 2.45) is 5.92 Å². The molecule has 1 fully saturated rings. The first-order valence-electron chi connectivity index (χ1n) is 6.42. The van der Waals surface area contributed by atoms with E-state index in [1.807, 2.05) is 0 Å². The molecule has 0 bridgehead atoms. The molecule has 0 saturated heterocycles. The van der Waals surface area contributed by atoms with Crippen molar-refractivity contribution >= 4 is 10.0 Å². The smallest absolute Gasteiger partial charge is 0.243 e. The Kier molecular flexibility index (Phi) is 4.54. The van der Waals surface area contributed by atoms with Crippen LogP contribution in [0.5, 0.6) is 0 Å². The molecule has 0 aliphatic heterocycles. The van der Waals surface area contributed by atoms with E-state index in [4.69, 9.17) is 5.11 Å². The number of nitrogens with one attached hydrogen (secondary N) is 1. The zero-order chi connectivity index (χ0) is 13.9. The summed E-state index contributed by atoms with van der Waals surface area (Å²) in [6.45, 7) is 0.0199. The van der Waals surface area contributed by atoms with Crippen LogP contribution in [0.4, 0.5) is 4.39 Å². The van der Waals surface area contributed by atoms with Crippen LogP contribution in [-0.2, 0) is 16.6 Å². The van der Waals surface area contributed by atoms with Crippen molar-refractivity contribution in [3.05, 3.63) is 29.6 Å². The first-order valence-corrected chi connectivity index (χ1v) is 7.90. The Morgan fingerprint density at radius 2 is 2.11 bits per heavy atom. The molecule has 1 aromatic rings. The van der Waals surface area contributed by atoms with E-state index in [-0.39, 0.29) is 11.5 Å². The summed E-state index contributed by atoms with van der Waals surface area (Å²) in [4.78, 5) is -0.365. The van der Waals surface area contributed by atoms with Crippen LogP contribution in [0.1, 0.15) is 31.2 Å². The molecule has 0 spiro atoms. The maximum absolute atomic E-state index is 13.6. The number of hydrogen-bond acceptors (Lipinski definition) is 3. The van der Waals surface area contributed by atoms with Crippen molar-refractivity contribution in [1.29, 1.82) is 0 Å². The quantitative estimate of drug-likeness (QED) is 0.751. The van der Waals surface area contributed by atoms with Gasteiger partial charge in [-0.1, -0.05) is 18.9 Å². The molecule has 19 heavy (non-hydrogen) atoms. The maximum atomic E-state index is 13.6. The zero-order valence-corrected chi connectivity index (χ0v) is 11.4. The molecule has 2 rings (SSSR count). The van der Waals surface area contributed by atoms with Crippen LogP contribution in [0, 0.1) is 11.7 Å². The lowest BCUT2D eigenvalue weighted by atomic mass is 10.2. The summed E-state index contributed by atoms with van der Waals surface area (Å²) in [6.07, 6.45) is 4.28. The number of benzene rings is 1. The molecule has 4 nitrogen and oxygen atoms in total. The third-order valence-electron chi connectivity index (χ3n) is 3.25.